The van der Waals surface area contributed by atoms with Gasteiger partial charge < -0.3 is 13.3 Å². The molecule has 0 aromatic heterocycles. The van der Waals surface area contributed by atoms with E-state index < -0.39 is 8.80 Å². The van der Waals surface area contributed by atoms with Crippen molar-refractivity contribution in [1.82, 2.24) is 0 Å². The summed E-state index contributed by atoms with van der Waals surface area (Å²) in [6.45, 7) is 8.14. The maximum atomic E-state index is 5.87. The van der Waals surface area contributed by atoms with Gasteiger partial charge in [0.05, 0.1) is 0 Å². The van der Waals surface area contributed by atoms with Crippen LogP contribution in [0.3, 0.4) is 0 Å². The Balaban J connectivity index is 2.37. The van der Waals surface area contributed by atoms with Crippen molar-refractivity contribution in [2.75, 3.05) is 19.8 Å². The van der Waals surface area contributed by atoms with Gasteiger partial charge in [0.2, 0.25) is 0 Å². The summed E-state index contributed by atoms with van der Waals surface area (Å²) in [5, 5.41) is 0. The van der Waals surface area contributed by atoms with Crippen molar-refractivity contribution in [3.63, 3.8) is 0 Å². The first-order chi connectivity index (χ1) is 8.76. The van der Waals surface area contributed by atoms with Gasteiger partial charge in [-0.15, -0.1) is 0 Å². The first kappa shape index (κ1) is 16.2. The predicted molar refractivity (Wildman–Crippen MR) is 76.6 cm³/mol. The van der Waals surface area contributed by atoms with Gasteiger partial charge in [-0.25, -0.2) is 0 Å². The monoisotopic (exact) mass is 274 g/mol. The zero-order valence-corrected chi connectivity index (χ0v) is 13.4. The van der Waals surface area contributed by atoms with Crippen molar-refractivity contribution in [1.29, 1.82) is 0 Å². The van der Waals surface area contributed by atoms with Crippen LogP contribution in [0.15, 0.2) is 0 Å². The Kier molecular flexibility index (Phi) is 8.14. The summed E-state index contributed by atoms with van der Waals surface area (Å²) >= 11 is 0. The van der Waals surface area contributed by atoms with E-state index in [2.05, 4.69) is 0 Å². The van der Waals surface area contributed by atoms with Gasteiger partial charge in [-0.05, 0) is 33.1 Å². The van der Waals surface area contributed by atoms with Crippen LogP contribution in [0.2, 0.25) is 6.04 Å². The molecule has 0 radical (unpaired) electrons. The summed E-state index contributed by atoms with van der Waals surface area (Å²) in [5.74, 6) is 0.946. The van der Waals surface area contributed by atoms with Gasteiger partial charge in [0.1, 0.15) is 0 Å². The topological polar surface area (TPSA) is 27.7 Å². The molecule has 1 aliphatic carbocycles. The minimum absolute atomic E-state index is 0.690. The van der Waals surface area contributed by atoms with E-state index in [1.54, 1.807) is 0 Å². The zero-order valence-electron chi connectivity index (χ0n) is 12.4. The highest BCUT2D eigenvalue weighted by molar-refractivity contribution is 6.60. The quantitative estimate of drug-likeness (QED) is 0.563. The first-order valence-electron chi connectivity index (χ1n) is 7.68. The lowest BCUT2D eigenvalue weighted by atomic mass is 10.0. The highest BCUT2D eigenvalue weighted by Crippen LogP contribution is 2.30. The molecule has 0 unspecified atom stereocenters. The average molecular weight is 274 g/mol. The fourth-order valence-electron chi connectivity index (χ4n) is 2.91. The minimum atomic E-state index is -2.37. The van der Waals surface area contributed by atoms with E-state index in [4.69, 9.17) is 13.3 Å². The molecule has 0 N–H and O–H groups in total. The lowest BCUT2D eigenvalue weighted by Crippen LogP contribution is -2.45. The Morgan fingerprint density at radius 3 is 1.83 bits per heavy atom. The Morgan fingerprint density at radius 1 is 0.889 bits per heavy atom. The molecule has 0 aromatic rings. The van der Waals surface area contributed by atoms with Gasteiger partial charge in [-0.1, -0.05) is 32.1 Å². The van der Waals surface area contributed by atoms with Crippen LogP contribution in [0.5, 0.6) is 0 Å². The third-order valence-electron chi connectivity index (χ3n) is 3.66. The molecule has 0 aliphatic heterocycles. The van der Waals surface area contributed by atoms with Crippen molar-refractivity contribution >= 4 is 8.80 Å². The van der Waals surface area contributed by atoms with Gasteiger partial charge >= 0.3 is 8.80 Å². The first-order valence-corrected chi connectivity index (χ1v) is 9.61. The SMILES string of the molecule is CCO[Si](CCCC1CCCC1)(OCC)OCC. The van der Waals surface area contributed by atoms with Crippen LogP contribution < -0.4 is 0 Å². The molecule has 1 saturated carbocycles. The second-order valence-corrected chi connectivity index (χ2v) is 7.76. The fraction of sp³-hybridized carbons (Fsp3) is 1.00. The third kappa shape index (κ3) is 5.39. The minimum Gasteiger partial charge on any atom is -0.374 e. The number of hydrogen-bond donors (Lipinski definition) is 0. The van der Waals surface area contributed by atoms with E-state index >= 15 is 0 Å². The molecular formula is C14H30O3Si. The van der Waals surface area contributed by atoms with Gasteiger partial charge in [-0.2, -0.15) is 0 Å². The van der Waals surface area contributed by atoms with Gasteiger partial charge in [-0.3, -0.25) is 0 Å². The molecule has 18 heavy (non-hydrogen) atoms. The number of rotatable bonds is 10. The normalized spacial score (nSPS) is 17.5. The molecule has 0 heterocycles. The second kappa shape index (κ2) is 9.07. The molecular weight excluding hydrogens is 244 g/mol. The zero-order chi connectivity index (χ0) is 13.3. The Bertz CT molecular complexity index is 188. The summed E-state index contributed by atoms with van der Waals surface area (Å²) in [7, 11) is -2.37. The molecule has 0 spiro atoms. The van der Waals surface area contributed by atoms with E-state index in [0.717, 1.165) is 12.0 Å². The van der Waals surface area contributed by atoms with Crippen LogP contribution in [-0.4, -0.2) is 28.6 Å². The summed E-state index contributed by atoms with van der Waals surface area (Å²) < 4.78 is 17.6. The molecule has 4 heteroatoms. The lowest BCUT2D eigenvalue weighted by Gasteiger charge is -2.28. The van der Waals surface area contributed by atoms with Crippen molar-refractivity contribution < 1.29 is 13.3 Å². The molecule has 1 fully saturated rings. The maximum absolute atomic E-state index is 5.87. The number of hydrogen-bond acceptors (Lipinski definition) is 3. The van der Waals surface area contributed by atoms with Crippen LogP contribution in [0.1, 0.15) is 59.3 Å². The molecule has 0 atom stereocenters. The smallest absolute Gasteiger partial charge is 0.374 e. The molecule has 0 saturated heterocycles. The second-order valence-electron chi connectivity index (χ2n) is 5.02. The summed E-state index contributed by atoms with van der Waals surface area (Å²) in [6.07, 6.45) is 8.21. The van der Waals surface area contributed by atoms with Crippen molar-refractivity contribution in [2.45, 2.75) is 65.3 Å². The largest absolute Gasteiger partial charge is 0.500 e. The molecule has 1 aliphatic rings. The summed E-state index contributed by atoms with van der Waals surface area (Å²) in [6, 6.07) is 0.985. The van der Waals surface area contributed by atoms with Gasteiger partial charge in [0.15, 0.2) is 0 Å². The Hall–Kier alpha value is 0.0969. The highest BCUT2D eigenvalue weighted by atomic mass is 28.4. The van der Waals surface area contributed by atoms with E-state index in [0.29, 0.717) is 19.8 Å². The Morgan fingerprint density at radius 2 is 1.39 bits per heavy atom. The van der Waals surface area contributed by atoms with E-state index in [1.807, 2.05) is 20.8 Å². The van der Waals surface area contributed by atoms with Crippen molar-refractivity contribution in [3.05, 3.63) is 0 Å². The summed E-state index contributed by atoms with van der Waals surface area (Å²) in [4.78, 5) is 0. The van der Waals surface area contributed by atoms with Crippen LogP contribution in [0, 0.1) is 5.92 Å². The van der Waals surface area contributed by atoms with Gasteiger partial charge in [0, 0.05) is 25.9 Å². The van der Waals surface area contributed by atoms with Crippen LogP contribution >= 0.6 is 0 Å². The Labute approximate surface area is 114 Å². The van der Waals surface area contributed by atoms with Crippen molar-refractivity contribution in [3.8, 4) is 0 Å². The third-order valence-corrected chi connectivity index (χ3v) is 6.81. The van der Waals surface area contributed by atoms with E-state index in [-0.39, 0.29) is 0 Å². The van der Waals surface area contributed by atoms with E-state index in [9.17, 15) is 0 Å². The van der Waals surface area contributed by atoms with Crippen LogP contribution in [0.25, 0.3) is 0 Å². The van der Waals surface area contributed by atoms with Crippen LogP contribution in [-0.2, 0) is 13.3 Å². The van der Waals surface area contributed by atoms with E-state index in [1.165, 1.54) is 38.5 Å². The molecule has 108 valence electrons. The molecule has 3 nitrogen and oxygen atoms in total. The van der Waals surface area contributed by atoms with Gasteiger partial charge in [0.25, 0.3) is 0 Å². The summed E-state index contributed by atoms with van der Waals surface area (Å²) in [5.41, 5.74) is 0. The lowest BCUT2D eigenvalue weighted by molar-refractivity contribution is 0.0704. The average Bonchev–Trinajstić information content (AvgIpc) is 2.83. The predicted octanol–water partition coefficient (Wildman–Crippen LogP) is 4.01. The van der Waals surface area contributed by atoms with Crippen molar-refractivity contribution in [2.24, 2.45) is 5.92 Å². The fourth-order valence-corrected chi connectivity index (χ4v) is 5.55. The van der Waals surface area contributed by atoms with Crippen LogP contribution in [0.4, 0.5) is 0 Å². The standard InChI is InChI=1S/C14H30O3Si/c1-4-15-18(16-5-2,17-6-3)13-9-12-14-10-7-8-11-14/h14H,4-13H2,1-3H3. The highest BCUT2D eigenvalue weighted by Gasteiger charge is 2.39. The molecule has 0 amide bonds. The molecule has 0 aromatic carbocycles. The molecule has 1 rings (SSSR count). The maximum Gasteiger partial charge on any atom is 0.500 e. The molecule has 0 bridgehead atoms.